The van der Waals surface area contributed by atoms with E-state index >= 15 is 0 Å². The van der Waals surface area contributed by atoms with Gasteiger partial charge in [-0.1, -0.05) is 34.8 Å². The second-order valence-electron chi connectivity index (χ2n) is 4.59. The molecule has 2 rings (SSSR count). The monoisotopic (exact) mass is 412 g/mol. The molecule has 0 fully saturated rings. The van der Waals surface area contributed by atoms with E-state index in [9.17, 15) is 8.78 Å². The van der Waals surface area contributed by atoms with Crippen LogP contribution < -0.4 is 0 Å². The number of nitrogens with zero attached hydrogens (tertiary/aromatic N) is 2. The lowest BCUT2D eigenvalue weighted by molar-refractivity contribution is 0.133. The van der Waals surface area contributed by atoms with E-state index in [0.717, 1.165) is 6.20 Å². The van der Waals surface area contributed by atoms with Gasteiger partial charge in [-0.25, -0.2) is 18.7 Å². The molecule has 0 unspecified atom stereocenters. The highest BCUT2D eigenvalue weighted by Crippen LogP contribution is 2.20. The third-order valence-electron chi connectivity index (χ3n) is 2.76. The topological polar surface area (TPSA) is 44.2 Å². The van der Waals surface area contributed by atoms with Crippen molar-refractivity contribution in [3.05, 3.63) is 56.6 Å². The molecule has 2 aromatic heterocycles. The summed E-state index contributed by atoms with van der Waals surface area (Å²) in [5.74, 6) is -0.977. The van der Waals surface area contributed by atoms with Crippen LogP contribution in [0.4, 0.5) is 8.78 Å². The van der Waals surface area contributed by atoms with E-state index in [2.05, 4.69) is 9.97 Å². The molecule has 0 saturated carbocycles. The minimum absolute atomic E-state index is 0.180. The second-order valence-corrected chi connectivity index (χ2v) is 5.66. The van der Waals surface area contributed by atoms with E-state index in [1.165, 1.54) is 12.1 Å². The summed E-state index contributed by atoms with van der Waals surface area (Å²) in [7, 11) is 0. The van der Waals surface area contributed by atoms with Gasteiger partial charge in [0.05, 0.1) is 19.4 Å². The second kappa shape index (κ2) is 11.5. The van der Waals surface area contributed by atoms with Crippen molar-refractivity contribution >= 4 is 34.8 Å². The molecule has 0 aromatic carbocycles. The van der Waals surface area contributed by atoms with E-state index in [4.69, 9.17) is 44.3 Å². The lowest BCUT2D eigenvalue weighted by Crippen LogP contribution is -1.96. The predicted octanol–water partition coefficient (Wildman–Crippen LogP) is 5.47. The summed E-state index contributed by atoms with van der Waals surface area (Å²) >= 11 is 16.8. The van der Waals surface area contributed by atoms with E-state index in [0.29, 0.717) is 36.1 Å². The van der Waals surface area contributed by atoms with Gasteiger partial charge in [0.1, 0.15) is 16.1 Å². The first kappa shape index (κ1) is 22.0. The Morgan fingerprint density at radius 1 is 0.880 bits per heavy atom. The molecule has 0 N–H and O–H groups in total. The number of rotatable bonds is 6. The first-order chi connectivity index (χ1) is 11.9. The Morgan fingerprint density at radius 3 is 2.00 bits per heavy atom. The van der Waals surface area contributed by atoms with Crippen molar-refractivity contribution in [2.45, 2.75) is 27.1 Å². The molecule has 0 aliphatic heterocycles. The third-order valence-corrected chi connectivity index (χ3v) is 3.69. The molecule has 0 spiro atoms. The quantitative estimate of drug-likeness (QED) is 0.589. The first-order valence-electron chi connectivity index (χ1n) is 7.34. The number of hydrogen-bond acceptors (Lipinski definition) is 4. The zero-order valence-electron chi connectivity index (χ0n) is 13.7. The fourth-order valence-corrected chi connectivity index (χ4v) is 2.11. The summed E-state index contributed by atoms with van der Waals surface area (Å²) < 4.78 is 35.6. The van der Waals surface area contributed by atoms with Crippen LogP contribution >= 0.6 is 34.8 Å². The molecule has 0 aliphatic rings. The highest BCUT2D eigenvalue weighted by Gasteiger charge is 2.08. The highest BCUT2D eigenvalue weighted by molar-refractivity contribution is 6.32. The number of hydrogen-bond donors (Lipinski definition) is 0. The van der Waals surface area contributed by atoms with Crippen LogP contribution in [-0.2, 0) is 22.7 Å². The maximum Gasteiger partial charge on any atom is 0.166 e. The highest BCUT2D eigenvalue weighted by atomic mass is 35.5. The molecule has 0 amide bonds. The van der Waals surface area contributed by atoms with Crippen LogP contribution in [0.3, 0.4) is 0 Å². The predicted molar refractivity (Wildman–Crippen MR) is 94.1 cm³/mol. The van der Waals surface area contributed by atoms with Crippen LogP contribution in [-0.4, -0.2) is 23.2 Å². The van der Waals surface area contributed by atoms with Crippen molar-refractivity contribution in [1.82, 2.24) is 9.97 Å². The van der Waals surface area contributed by atoms with Crippen molar-refractivity contribution in [1.29, 1.82) is 0 Å². The molecular weight excluding hydrogens is 397 g/mol. The van der Waals surface area contributed by atoms with Crippen molar-refractivity contribution in [2.75, 3.05) is 13.2 Å². The molecule has 0 atom stereocenters. The molecule has 0 bridgehead atoms. The van der Waals surface area contributed by atoms with Crippen LogP contribution in [0, 0.1) is 11.6 Å². The summed E-state index contributed by atoms with van der Waals surface area (Å²) in [6.07, 6.45) is 1.08. The molecule has 0 radical (unpaired) electrons. The van der Waals surface area contributed by atoms with Crippen molar-refractivity contribution in [3.63, 3.8) is 0 Å². The van der Waals surface area contributed by atoms with Gasteiger partial charge >= 0.3 is 0 Å². The van der Waals surface area contributed by atoms with Gasteiger partial charge in [0, 0.05) is 24.3 Å². The molecule has 2 heterocycles. The SMILES string of the molecule is CCOCc1cc(F)c(Cl)nc1Cl.CCOCc1cc(F)cnc1Cl. The number of aromatic nitrogens is 2. The van der Waals surface area contributed by atoms with E-state index < -0.39 is 11.6 Å². The average molecular weight is 414 g/mol. The van der Waals surface area contributed by atoms with Gasteiger partial charge < -0.3 is 9.47 Å². The van der Waals surface area contributed by atoms with Crippen LogP contribution in [0.25, 0.3) is 0 Å². The van der Waals surface area contributed by atoms with Gasteiger partial charge in [-0.2, -0.15) is 0 Å². The van der Waals surface area contributed by atoms with Crippen LogP contribution in [0.5, 0.6) is 0 Å². The maximum absolute atomic E-state index is 12.9. The summed E-state index contributed by atoms with van der Waals surface area (Å²) in [5, 5.41) is 0.259. The molecule has 0 aliphatic carbocycles. The average Bonchev–Trinajstić information content (AvgIpc) is 2.58. The normalized spacial score (nSPS) is 10.4. The van der Waals surface area contributed by atoms with Crippen LogP contribution in [0.2, 0.25) is 15.5 Å². The summed E-state index contributed by atoms with van der Waals surface area (Å²) in [4.78, 5) is 7.24. The Kier molecular flexibility index (Phi) is 10.2. The van der Waals surface area contributed by atoms with Gasteiger partial charge in [0.25, 0.3) is 0 Å². The van der Waals surface area contributed by atoms with Gasteiger partial charge in [0.15, 0.2) is 11.0 Å². The summed E-state index contributed by atoms with van der Waals surface area (Å²) in [6.45, 7) is 5.37. The van der Waals surface area contributed by atoms with Crippen LogP contribution in [0.1, 0.15) is 25.0 Å². The van der Waals surface area contributed by atoms with E-state index in [1.54, 1.807) is 0 Å². The number of ether oxygens (including phenoxy) is 2. The fourth-order valence-electron chi connectivity index (χ4n) is 1.57. The van der Waals surface area contributed by atoms with Crippen molar-refractivity contribution in [3.8, 4) is 0 Å². The van der Waals surface area contributed by atoms with Gasteiger partial charge in [-0.15, -0.1) is 0 Å². The van der Waals surface area contributed by atoms with Crippen molar-refractivity contribution in [2.24, 2.45) is 0 Å². The third kappa shape index (κ3) is 7.79. The van der Waals surface area contributed by atoms with E-state index in [-0.39, 0.29) is 16.9 Å². The fraction of sp³-hybridized carbons (Fsp3) is 0.375. The van der Waals surface area contributed by atoms with Crippen LogP contribution in [0.15, 0.2) is 18.3 Å². The van der Waals surface area contributed by atoms with Gasteiger partial charge in [-0.05, 0) is 26.0 Å². The zero-order chi connectivity index (χ0) is 18.8. The molecule has 0 saturated heterocycles. The largest absolute Gasteiger partial charge is 0.377 e. The molecule has 25 heavy (non-hydrogen) atoms. The van der Waals surface area contributed by atoms with Gasteiger partial charge in [0.2, 0.25) is 0 Å². The van der Waals surface area contributed by atoms with Crippen molar-refractivity contribution < 1.29 is 18.3 Å². The molecule has 138 valence electrons. The summed E-state index contributed by atoms with van der Waals surface area (Å²) in [5.41, 5.74) is 1.09. The smallest absolute Gasteiger partial charge is 0.166 e. The Bertz CT molecular complexity index is 691. The Hall–Kier alpha value is -1.05. The Labute approximate surface area is 160 Å². The standard InChI is InChI=1S/C8H8Cl2FNO.C8H9ClFNO/c1-2-13-4-5-3-6(11)8(10)12-7(5)9;1-2-12-5-6-3-7(10)4-11-8(6)9/h3H,2,4H2,1H3;3-4H,2,5H2,1H3. The van der Waals surface area contributed by atoms with E-state index in [1.807, 2.05) is 13.8 Å². The molecular formula is C16H17Cl3F2N2O2. The molecule has 2 aromatic rings. The first-order valence-corrected chi connectivity index (χ1v) is 8.48. The lowest BCUT2D eigenvalue weighted by Gasteiger charge is -2.04. The number of pyridine rings is 2. The molecule has 9 heteroatoms. The minimum atomic E-state index is -0.583. The molecule has 4 nitrogen and oxygen atoms in total. The Balaban J connectivity index is 0.000000251. The Morgan fingerprint density at radius 2 is 1.44 bits per heavy atom. The minimum Gasteiger partial charge on any atom is -0.377 e. The zero-order valence-corrected chi connectivity index (χ0v) is 15.9. The number of halogens is 5. The van der Waals surface area contributed by atoms with Gasteiger partial charge in [-0.3, -0.25) is 0 Å². The maximum atomic E-state index is 12.9. The summed E-state index contributed by atoms with van der Waals surface area (Å²) in [6, 6.07) is 2.55. The lowest BCUT2D eigenvalue weighted by atomic mass is 10.3.